The topological polar surface area (TPSA) is 64.3 Å². The molecule has 4 nitrogen and oxygen atoms in total. The highest BCUT2D eigenvalue weighted by atomic mass is 79.9. The van der Waals surface area contributed by atoms with E-state index in [-0.39, 0.29) is 5.91 Å². The minimum Gasteiger partial charge on any atom is -0.491 e. The second-order valence-corrected chi connectivity index (χ2v) is 5.36. The fourth-order valence-electron chi connectivity index (χ4n) is 1.79. The monoisotopic (exact) mass is 348 g/mol. The number of hydrogen-bond donors (Lipinski definition) is 2. The van der Waals surface area contributed by atoms with E-state index in [1.54, 1.807) is 12.1 Å². The van der Waals surface area contributed by atoms with Gasteiger partial charge in [-0.05, 0) is 23.8 Å². The molecule has 0 heterocycles. The number of nitrogens with two attached hydrogens (primary N) is 1. The maximum atomic E-state index is 11.8. The average molecular weight is 349 g/mol. The summed E-state index contributed by atoms with van der Waals surface area (Å²) in [6, 6.07) is 15.0. The number of benzene rings is 2. The number of anilines is 1. The zero-order valence-electron chi connectivity index (χ0n) is 11.5. The summed E-state index contributed by atoms with van der Waals surface area (Å²) in [5.74, 6) is 0.552. The molecule has 2 rings (SSSR count). The number of ether oxygens (including phenoxy) is 1. The zero-order valence-corrected chi connectivity index (χ0v) is 13.1. The van der Waals surface area contributed by atoms with Crippen molar-refractivity contribution in [3.05, 3.63) is 58.6 Å². The van der Waals surface area contributed by atoms with Crippen molar-refractivity contribution in [2.75, 3.05) is 12.3 Å². The molecule has 0 aliphatic rings. The Morgan fingerprint density at radius 1 is 1.14 bits per heavy atom. The summed E-state index contributed by atoms with van der Waals surface area (Å²) < 4.78 is 6.47. The number of hydrogen-bond acceptors (Lipinski definition) is 3. The maximum absolute atomic E-state index is 11.8. The Labute approximate surface area is 132 Å². The van der Waals surface area contributed by atoms with Gasteiger partial charge in [-0.3, -0.25) is 4.79 Å². The first-order valence-corrected chi connectivity index (χ1v) is 7.43. The van der Waals surface area contributed by atoms with Gasteiger partial charge in [0.1, 0.15) is 5.75 Å². The molecule has 0 saturated carbocycles. The summed E-state index contributed by atoms with van der Waals surface area (Å²) in [6.07, 6.45) is 0.290. The van der Waals surface area contributed by atoms with E-state index in [2.05, 4.69) is 21.2 Å². The van der Waals surface area contributed by atoms with Crippen LogP contribution in [0.5, 0.6) is 5.75 Å². The van der Waals surface area contributed by atoms with Gasteiger partial charge < -0.3 is 15.8 Å². The maximum Gasteiger partial charge on any atom is 0.223 e. The SMILES string of the molecule is Nc1ccccc1OCCC(=O)NCc1ccccc1Br. The van der Waals surface area contributed by atoms with Gasteiger partial charge >= 0.3 is 0 Å². The molecular formula is C16H17BrN2O2. The molecule has 0 unspecified atom stereocenters. The number of carbonyl (C=O) groups is 1. The Kier molecular flexibility index (Phi) is 5.63. The van der Waals surface area contributed by atoms with Crippen molar-refractivity contribution in [1.29, 1.82) is 0 Å². The lowest BCUT2D eigenvalue weighted by atomic mass is 10.2. The Bertz CT molecular complexity index is 617. The van der Waals surface area contributed by atoms with Gasteiger partial charge in [0.05, 0.1) is 18.7 Å². The Hall–Kier alpha value is -2.01. The van der Waals surface area contributed by atoms with Crippen molar-refractivity contribution < 1.29 is 9.53 Å². The van der Waals surface area contributed by atoms with E-state index in [0.29, 0.717) is 31.0 Å². The molecule has 2 aromatic rings. The van der Waals surface area contributed by atoms with Crippen LogP contribution in [0.1, 0.15) is 12.0 Å². The van der Waals surface area contributed by atoms with Crippen molar-refractivity contribution in [3.8, 4) is 5.75 Å². The minimum atomic E-state index is -0.0553. The number of nitrogen functional groups attached to an aromatic ring is 1. The van der Waals surface area contributed by atoms with Crippen LogP contribution in [0.4, 0.5) is 5.69 Å². The number of carbonyl (C=O) groups excluding carboxylic acids is 1. The molecule has 0 spiro atoms. The molecule has 0 atom stereocenters. The van der Waals surface area contributed by atoms with Gasteiger partial charge in [0.25, 0.3) is 0 Å². The van der Waals surface area contributed by atoms with Crippen LogP contribution in [0.15, 0.2) is 53.0 Å². The van der Waals surface area contributed by atoms with E-state index in [0.717, 1.165) is 10.0 Å². The van der Waals surface area contributed by atoms with Crippen LogP contribution in [0.25, 0.3) is 0 Å². The third-order valence-electron chi connectivity index (χ3n) is 2.94. The highest BCUT2D eigenvalue weighted by molar-refractivity contribution is 9.10. The third-order valence-corrected chi connectivity index (χ3v) is 3.71. The van der Waals surface area contributed by atoms with Crippen LogP contribution >= 0.6 is 15.9 Å². The summed E-state index contributed by atoms with van der Waals surface area (Å²) in [4.78, 5) is 11.8. The molecule has 0 fully saturated rings. The van der Waals surface area contributed by atoms with Crippen molar-refractivity contribution in [2.45, 2.75) is 13.0 Å². The normalized spacial score (nSPS) is 10.1. The molecule has 21 heavy (non-hydrogen) atoms. The van der Waals surface area contributed by atoms with Crippen LogP contribution in [0.3, 0.4) is 0 Å². The Balaban J connectivity index is 1.73. The summed E-state index contributed by atoms with van der Waals surface area (Å²) in [5, 5.41) is 2.86. The molecule has 0 aliphatic carbocycles. The fraction of sp³-hybridized carbons (Fsp3) is 0.188. The molecular weight excluding hydrogens is 332 g/mol. The minimum absolute atomic E-state index is 0.0553. The van der Waals surface area contributed by atoms with Crippen LogP contribution < -0.4 is 15.8 Å². The van der Waals surface area contributed by atoms with Gasteiger partial charge in [0, 0.05) is 11.0 Å². The summed E-state index contributed by atoms with van der Waals surface area (Å²) in [5.41, 5.74) is 7.37. The van der Waals surface area contributed by atoms with Crippen molar-refractivity contribution in [2.24, 2.45) is 0 Å². The lowest BCUT2D eigenvalue weighted by Crippen LogP contribution is -2.24. The smallest absolute Gasteiger partial charge is 0.223 e. The van der Waals surface area contributed by atoms with Gasteiger partial charge in [-0.15, -0.1) is 0 Å². The third kappa shape index (κ3) is 4.79. The van der Waals surface area contributed by atoms with E-state index in [1.165, 1.54) is 0 Å². The standard InChI is InChI=1S/C16H17BrN2O2/c17-13-6-2-1-5-12(13)11-19-16(20)9-10-21-15-8-4-3-7-14(15)18/h1-8H,9-11,18H2,(H,19,20). The van der Waals surface area contributed by atoms with Gasteiger partial charge in [-0.1, -0.05) is 46.3 Å². The quantitative estimate of drug-likeness (QED) is 0.788. The summed E-state index contributed by atoms with van der Waals surface area (Å²) >= 11 is 3.45. The lowest BCUT2D eigenvalue weighted by molar-refractivity contribution is -0.121. The van der Waals surface area contributed by atoms with Crippen LogP contribution in [-0.4, -0.2) is 12.5 Å². The molecule has 0 saturated heterocycles. The molecule has 3 N–H and O–H groups in total. The highest BCUT2D eigenvalue weighted by Crippen LogP contribution is 2.19. The molecule has 1 amide bonds. The molecule has 0 radical (unpaired) electrons. The second kappa shape index (κ2) is 7.69. The van der Waals surface area contributed by atoms with E-state index < -0.39 is 0 Å². The van der Waals surface area contributed by atoms with E-state index in [9.17, 15) is 4.79 Å². The molecule has 0 aromatic heterocycles. The van der Waals surface area contributed by atoms with Gasteiger partial charge in [-0.2, -0.15) is 0 Å². The number of nitrogens with one attached hydrogen (secondary N) is 1. The molecule has 0 bridgehead atoms. The van der Waals surface area contributed by atoms with Crippen LogP contribution in [0, 0.1) is 0 Å². The van der Waals surface area contributed by atoms with Crippen LogP contribution in [-0.2, 0) is 11.3 Å². The van der Waals surface area contributed by atoms with Crippen molar-refractivity contribution in [3.63, 3.8) is 0 Å². The summed E-state index contributed by atoms with van der Waals surface area (Å²) in [6.45, 7) is 0.795. The second-order valence-electron chi connectivity index (χ2n) is 4.50. The lowest BCUT2D eigenvalue weighted by Gasteiger charge is -2.09. The zero-order chi connectivity index (χ0) is 15.1. The Morgan fingerprint density at radius 2 is 1.86 bits per heavy atom. The van der Waals surface area contributed by atoms with Crippen molar-refractivity contribution in [1.82, 2.24) is 5.32 Å². The molecule has 110 valence electrons. The highest BCUT2D eigenvalue weighted by Gasteiger charge is 2.05. The number of amides is 1. The van der Waals surface area contributed by atoms with Crippen molar-refractivity contribution >= 4 is 27.5 Å². The van der Waals surface area contributed by atoms with E-state index >= 15 is 0 Å². The number of rotatable bonds is 6. The first kappa shape index (κ1) is 15.4. The number of halogens is 1. The molecule has 2 aromatic carbocycles. The predicted molar refractivity (Wildman–Crippen MR) is 87.0 cm³/mol. The van der Waals surface area contributed by atoms with E-state index in [4.69, 9.17) is 10.5 Å². The Morgan fingerprint density at radius 3 is 2.62 bits per heavy atom. The summed E-state index contributed by atoms with van der Waals surface area (Å²) in [7, 11) is 0. The first-order valence-electron chi connectivity index (χ1n) is 6.64. The molecule has 0 aliphatic heterocycles. The first-order chi connectivity index (χ1) is 10.2. The van der Waals surface area contributed by atoms with Gasteiger partial charge in [0.15, 0.2) is 0 Å². The van der Waals surface area contributed by atoms with Gasteiger partial charge in [0.2, 0.25) is 5.91 Å². The average Bonchev–Trinajstić information content (AvgIpc) is 2.48. The largest absolute Gasteiger partial charge is 0.491 e. The van der Waals surface area contributed by atoms with Crippen LogP contribution in [0.2, 0.25) is 0 Å². The fourth-order valence-corrected chi connectivity index (χ4v) is 2.21. The predicted octanol–water partition coefficient (Wildman–Crippen LogP) is 3.12. The number of para-hydroxylation sites is 2. The van der Waals surface area contributed by atoms with Gasteiger partial charge in [-0.25, -0.2) is 0 Å². The molecule has 5 heteroatoms. The van der Waals surface area contributed by atoms with E-state index in [1.807, 2.05) is 36.4 Å².